The van der Waals surface area contributed by atoms with E-state index in [4.69, 9.17) is 9.47 Å². The van der Waals surface area contributed by atoms with E-state index in [0.29, 0.717) is 31.9 Å². The van der Waals surface area contributed by atoms with Crippen LogP contribution in [0.1, 0.15) is 12.5 Å². The van der Waals surface area contributed by atoms with Gasteiger partial charge in [-0.1, -0.05) is 18.2 Å². The number of halogens is 1. The van der Waals surface area contributed by atoms with Crippen molar-refractivity contribution >= 4 is 5.97 Å². The highest BCUT2D eigenvalue weighted by molar-refractivity contribution is 5.70. The molecule has 4 nitrogen and oxygen atoms in total. The van der Waals surface area contributed by atoms with Crippen molar-refractivity contribution in [3.63, 3.8) is 0 Å². The van der Waals surface area contributed by atoms with Crippen molar-refractivity contribution in [3.8, 4) is 0 Å². The van der Waals surface area contributed by atoms with E-state index in [2.05, 4.69) is 0 Å². The van der Waals surface area contributed by atoms with Gasteiger partial charge in [0.1, 0.15) is 12.4 Å². The van der Waals surface area contributed by atoms with Gasteiger partial charge in [-0.25, -0.2) is 9.18 Å². The third-order valence-electron chi connectivity index (χ3n) is 2.54. The summed E-state index contributed by atoms with van der Waals surface area (Å²) in [6, 6.07) is 6.68. The van der Waals surface area contributed by atoms with Crippen molar-refractivity contribution in [1.82, 2.24) is 4.90 Å². The lowest BCUT2D eigenvalue weighted by Crippen LogP contribution is -2.24. The second kappa shape index (κ2) is 8.61. The van der Waals surface area contributed by atoms with Gasteiger partial charge in [0.25, 0.3) is 0 Å². The van der Waals surface area contributed by atoms with Crippen LogP contribution in [0.3, 0.4) is 0 Å². The zero-order chi connectivity index (χ0) is 14.1. The van der Waals surface area contributed by atoms with Crippen LogP contribution < -0.4 is 0 Å². The predicted octanol–water partition coefficient (Wildman–Crippen LogP) is 1.84. The average Bonchev–Trinajstić information content (AvgIpc) is 2.38. The largest absolute Gasteiger partial charge is 0.464 e. The quantitative estimate of drug-likeness (QED) is 0.533. The van der Waals surface area contributed by atoms with Crippen LogP contribution in [0.15, 0.2) is 24.3 Å². The number of carbonyl (C=O) groups excluding carboxylic acids is 1. The average molecular weight is 269 g/mol. The molecule has 0 spiro atoms. The van der Waals surface area contributed by atoms with E-state index in [1.807, 2.05) is 18.0 Å². The number of rotatable bonds is 8. The molecule has 0 amide bonds. The first-order valence-corrected chi connectivity index (χ1v) is 6.28. The lowest BCUT2D eigenvalue weighted by atomic mass is 10.2. The third-order valence-corrected chi connectivity index (χ3v) is 2.54. The van der Waals surface area contributed by atoms with Crippen molar-refractivity contribution in [1.29, 1.82) is 0 Å². The molecule has 0 bridgehead atoms. The van der Waals surface area contributed by atoms with Gasteiger partial charge >= 0.3 is 5.97 Å². The smallest absolute Gasteiger partial charge is 0.332 e. The molecule has 1 aromatic rings. The first-order valence-electron chi connectivity index (χ1n) is 6.28. The fourth-order valence-corrected chi connectivity index (χ4v) is 1.58. The van der Waals surface area contributed by atoms with Crippen LogP contribution in [-0.2, 0) is 20.8 Å². The Balaban J connectivity index is 2.20. The molecule has 0 radical (unpaired) electrons. The molecule has 106 valence electrons. The van der Waals surface area contributed by atoms with E-state index in [1.54, 1.807) is 19.1 Å². The summed E-state index contributed by atoms with van der Waals surface area (Å²) >= 11 is 0. The summed E-state index contributed by atoms with van der Waals surface area (Å²) in [5.41, 5.74) is 0.649. The second-order valence-corrected chi connectivity index (χ2v) is 4.19. The van der Waals surface area contributed by atoms with E-state index >= 15 is 0 Å². The van der Waals surface area contributed by atoms with Crippen LogP contribution in [0, 0.1) is 5.82 Å². The zero-order valence-electron chi connectivity index (χ0n) is 11.4. The molecule has 0 fully saturated rings. The molecule has 0 aliphatic carbocycles. The maximum absolute atomic E-state index is 13.4. The van der Waals surface area contributed by atoms with Gasteiger partial charge < -0.3 is 9.47 Å². The fraction of sp³-hybridized carbons (Fsp3) is 0.500. The lowest BCUT2D eigenvalue weighted by molar-refractivity contribution is -0.148. The van der Waals surface area contributed by atoms with Gasteiger partial charge in [0.15, 0.2) is 0 Å². The molecule has 0 saturated heterocycles. The van der Waals surface area contributed by atoms with E-state index in [-0.39, 0.29) is 18.4 Å². The van der Waals surface area contributed by atoms with Crippen molar-refractivity contribution < 1.29 is 18.7 Å². The molecule has 1 rings (SSSR count). The Hall–Kier alpha value is -1.46. The number of carbonyl (C=O) groups is 1. The Bertz CT molecular complexity index is 398. The molecule has 0 saturated carbocycles. The molecular weight excluding hydrogens is 249 g/mol. The van der Waals surface area contributed by atoms with E-state index in [0.717, 1.165) is 0 Å². The summed E-state index contributed by atoms with van der Waals surface area (Å²) in [6.07, 6.45) is 0. The van der Waals surface area contributed by atoms with E-state index < -0.39 is 0 Å². The molecule has 0 aromatic heterocycles. The lowest BCUT2D eigenvalue weighted by Gasteiger charge is -2.16. The Morgan fingerprint density at radius 3 is 2.79 bits per heavy atom. The first-order chi connectivity index (χ1) is 9.13. The second-order valence-electron chi connectivity index (χ2n) is 4.19. The van der Waals surface area contributed by atoms with Gasteiger partial charge in [0.2, 0.25) is 0 Å². The normalized spacial score (nSPS) is 10.7. The minimum Gasteiger partial charge on any atom is -0.464 e. The van der Waals surface area contributed by atoms with Crippen molar-refractivity contribution in [3.05, 3.63) is 35.6 Å². The van der Waals surface area contributed by atoms with Gasteiger partial charge in [0, 0.05) is 18.7 Å². The van der Waals surface area contributed by atoms with Crippen LogP contribution >= 0.6 is 0 Å². The van der Waals surface area contributed by atoms with Crippen LogP contribution in [0.25, 0.3) is 0 Å². The molecule has 0 unspecified atom stereocenters. The minimum atomic E-state index is -0.362. The van der Waals surface area contributed by atoms with E-state index in [9.17, 15) is 9.18 Å². The molecule has 19 heavy (non-hydrogen) atoms. The number of ether oxygens (including phenoxy) is 2. The molecular formula is C14H20FNO3. The van der Waals surface area contributed by atoms with Crippen LogP contribution in [0.4, 0.5) is 4.39 Å². The summed E-state index contributed by atoms with van der Waals surface area (Å²) < 4.78 is 23.3. The summed E-state index contributed by atoms with van der Waals surface area (Å²) in [6.45, 7) is 3.60. The van der Waals surface area contributed by atoms with Crippen molar-refractivity contribution in [2.75, 3.05) is 33.4 Å². The number of esters is 1. The number of hydrogen-bond acceptors (Lipinski definition) is 4. The maximum atomic E-state index is 13.4. The van der Waals surface area contributed by atoms with E-state index in [1.165, 1.54) is 6.07 Å². The highest BCUT2D eigenvalue weighted by Crippen LogP contribution is 2.08. The van der Waals surface area contributed by atoms with Gasteiger partial charge in [0.05, 0.1) is 13.2 Å². The molecule has 1 aromatic carbocycles. The first kappa shape index (κ1) is 15.6. The number of hydrogen-bond donors (Lipinski definition) is 0. The molecule has 0 aliphatic rings. The maximum Gasteiger partial charge on any atom is 0.332 e. The van der Waals surface area contributed by atoms with Crippen molar-refractivity contribution in [2.45, 2.75) is 13.5 Å². The topological polar surface area (TPSA) is 38.8 Å². The van der Waals surface area contributed by atoms with Crippen LogP contribution in [0.5, 0.6) is 0 Å². The van der Waals surface area contributed by atoms with Crippen LogP contribution in [0.2, 0.25) is 0 Å². The molecule has 0 heterocycles. The highest BCUT2D eigenvalue weighted by Gasteiger charge is 2.06. The number of benzene rings is 1. The van der Waals surface area contributed by atoms with Gasteiger partial charge in [-0.3, -0.25) is 4.90 Å². The standard InChI is InChI=1S/C14H20FNO3/c1-3-19-14(17)11-18-9-8-16(2)10-12-6-4-5-7-13(12)15/h4-7H,3,8-11H2,1-2H3. The number of likely N-dealkylation sites (N-methyl/N-ethyl adjacent to an activating group) is 1. The highest BCUT2D eigenvalue weighted by atomic mass is 19.1. The summed E-state index contributed by atoms with van der Waals surface area (Å²) in [5.74, 6) is -0.568. The Morgan fingerprint density at radius 2 is 2.11 bits per heavy atom. The monoisotopic (exact) mass is 269 g/mol. The molecule has 0 atom stereocenters. The van der Waals surface area contributed by atoms with Gasteiger partial charge in [-0.2, -0.15) is 0 Å². The summed E-state index contributed by atoms with van der Waals surface area (Å²) in [4.78, 5) is 12.9. The third kappa shape index (κ3) is 6.31. The van der Waals surface area contributed by atoms with Gasteiger partial charge in [-0.05, 0) is 20.0 Å². The molecule has 0 aliphatic heterocycles. The number of nitrogens with zero attached hydrogens (tertiary/aromatic N) is 1. The summed E-state index contributed by atoms with van der Waals surface area (Å²) in [5, 5.41) is 0. The fourth-order valence-electron chi connectivity index (χ4n) is 1.58. The molecule has 5 heteroatoms. The SMILES string of the molecule is CCOC(=O)COCCN(C)Cc1ccccc1F. The Morgan fingerprint density at radius 1 is 1.37 bits per heavy atom. The van der Waals surface area contributed by atoms with Crippen molar-refractivity contribution in [2.24, 2.45) is 0 Å². The Labute approximate surface area is 113 Å². The predicted molar refractivity (Wildman–Crippen MR) is 70.2 cm³/mol. The zero-order valence-corrected chi connectivity index (χ0v) is 11.4. The van der Waals surface area contributed by atoms with Crippen LogP contribution in [-0.4, -0.2) is 44.3 Å². The summed E-state index contributed by atoms with van der Waals surface area (Å²) in [7, 11) is 1.88. The van der Waals surface area contributed by atoms with Gasteiger partial charge in [-0.15, -0.1) is 0 Å². The minimum absolute atomic E-state index is 0.0403. The Kier molecular flexibility index (Phi) is 7.07. The molecule has 0 N–H and O–H groups in total.